The van der Waals surface area contributed by atoms with Gasteiger partial charge in [0.15, 0.2) is 0 Å². The monoisotopic (exact) mass is 464 g/mol. The average molecular weight is 465 g/mol. The fourth-order valence-electron chi connectivity index (χ4n) is 5.16. The lowest BCUT2D eigenvalue weighted by molar-refractivity contribution is -0.149. The van der Waals surface area contributed by atoms with Crippen molar-refractivity contribution in [2.75, 3.05) is 19.7 Å². The lowest BCUT2D eigenvalue weighted by atomic mass is 9.80. The summed E-state index contributed by atoms with van der Waals surface area (Å²) in [5.74, 6) is -1.14. The topological polar surface area (TPSA) is 105 Å². The summed E-state index contributed by atoms with van der Waals surface area (Å²) in [6, 6.07) is 16.3. The summed E-state index contributed by atoms with van der Waals surface area (Å²) in [5, 5.41) is 15.1. The van der Waals surface area contributed by atoms with Gasteiger partial charge in [-0.2, -0.15) is 0 Å². The van der Waals surface area contributed by atoms with E-state index in [1.165, 1.54) is 0 Å². The Morgan fingerprint density at radius 3 is 2.06 bits per heavy atom. The van der Waals surface area contributed by atoms with Crippen LogP contribution in [0.25, 0.3) is 11.1 Å². The molecule has 0 saturated heterocycles. The van der Waals surface area contributed by atoms with Crippen LogP contribution < -0.4 is 10.6 Å². The van der Waals surface area contributed by atoms with Gasteiger partial charge in [0.25, 0.3) is 0 Å². The van der Waals surface area contributed by atoms with Crippen LogP contribution in [-0.2, 0) is 14.3 Å². The van der Waals surface area contributed by atoms with E-state index in [0.29, 0.717) is 12.8 Å². The Morgan fingerprint density at radius 2 is 1.47 bits per heavy atom. The highest BCUT2D eigenvalue weighted by atomic mass is 16.5. The zero-order valence-electron chi connectivity index (χ0n) is 19.3. The molecule has 0 atom stereocenters. The maximum Gasteiger partial charge on any atom is 0.407 e. The summed E-state index contributed by atoms with van der Waals surface area (Å²) >= 11 is 0. The van der Waals surface area contributed by atoms with Gasteiger partial charge in [0.2, 0.25) is 5.91 Å². The molecule has 0 bridgehead atoms. The largest absolute Gasteiger partial charge is 0.481 e. The lowest BCUT2D eigenvalue weighted by Crippen LogP contribution is -2.43. The van der Waals surface area contributed by atoms with Gasteiger partial charge in [-0.1, -0.05) is 74.2 Å². The summed E-state index contributed by atoms with van der Waals surface area (Å²) in [6.07, 6.45) is 4.47. The SMILES string of the molecule is O=C(CCNC(=O)OCC1c2ccccc2-c2ccccc21)NCC1(C(=O)O)CCCCCC1. The van der Waals surface area contributed by atoms with Gasteiger partial charge in [0.05, 0.1) is 5.41 Å². The van der Waals surface area contributed by atoms with E-state index in [-0.39, 0.29) is 37.9 Å². The zero-order chi connectivity index (χ0) is 24.0. The molecule has 34 heavy (non-hydrogen) atoms. The highest BCUT2D eigenvalue weighted by Gasteiger charge is 2.38. The first-order chi connectivity index (χ1) is 16.5. The van der Waals surface area contributed by atoms with E-state index in [0.717, 1.165) is 47.9 Å². The zero-order valence-corrected chi connectivity index (χ0v) is 19.3. The highest BCUT2D eigenvalue weighted by molar-refractivity contribution is 5.80. The lowest BCUT2D eigenvalue weighted by Gasteiger charge is -2.28. The van der Waals surface area contributed by atoms with Crippen molar-refractivity contribution in [2.24, 2.45) is 5.41 Å². The van der Waals surface area contributed by atoms with E-state index in [2.05, 4.69) is 34.9 Å². The van der Waals surface area contributed by atoms with Gasteiger partial charge in [0, 0.05) is 25.4 Å². The molecular weight excluding hydrogens is 432 g/mol. The van der Waals surface area contributed by atoms with Crippen LogP contribution in [0.3, 0.4) is 0 Å². The number of hydrogen-bond donors (Lipinski definition) is 3. The molecule has 0 aliphatic heterocycles. The van der Waals surface area contributed by atoms with Crippen LogP contribution in [0.4, 0.5) is 4.79 Å². The number of ether oxygens (including phenoxy) is 1. The second-order valence-corrected chi connectivity index (χ2v) is 9.28. The Labute approximate surface area is 199 Å². The number of aliphatic carboxylic acids is 1. The first kappa shape index (κ1) is 23.8. The van der Waals surface area contributed by atoms with Gasteiger partial charge >= 0.3 is 12.1 Å². The van der Waals surface area contributed by atoms with Crippen molar-refractivity contribution in [3.05, 3.63) is 59.7 Å². The van der Waals surface area contributed by atoms with Crippen molar-refractivity contribution in [1.29, 1.82) is 0 Å². The third kappa shape index (κ3) is 5.24. The summed E-state index contributed by atoms with van der Waals surface area (Å²) in [4.78, 5) is 36.4. The number of carboxylic acids is 1. The summed E-state index contributed by atoms with van der Waals surface area (Å²) in [5.41, 5.74) is 3.73. The van der Waals surface area contributed by atoms with Gasteiger partial charge < -0.3 is 20.5 Å². The average Bonchev–Trinajstić information content (AvgIpc) is 2.97. The number of rotatable bonds is 8. The van der Waals surface area contributed by atoms with Crippen LogP contribution in [0.1, 0.15) is 62.0 Å². The number of benzene rings is 2. The number of nitrogens with one attached hydrogen (secondary N) is 2. The standard InChI is InChI=1S/C27H32N2O5/c30-24(29-18-27(25(31)32)14-7-1-2-8-15-27)13-16-28-26(33)34-17-23-21-11-5-3-9-19(21)20-10-4-6-12-22(20)23/h3-6,9-12,23H,1-2,7-8,13-18H2,(H,28,33)(H,29,30)(H,31,32). The molecule has 2 aromatic carbocycles. The number of carbonyl (C=O) groups is 3. The smallest absolute Gasteiger partial charge is 0.407 e. The van der Waals surface area contributed by atoms with Crippen LogP contribution in [0.2, 0.25) is 0 Å². The van der Waals surface area contributed by atoms with Crippen LogP contribution in [0.5, 0.6) is 0 Å². The van der Waals surface area contributed by atoms with E-state index < -0.39 is 17.5 Å². The van der Waals surface area contributed by atoms with Gasteiger partial charge in [0.1, 0.15) is 6.61 Å². The molecule has 0 radical (unpaired) electrons. The highest BCUT2D eigenvalue weighted by Crippen LogP contribution is 2.44. The van der Waals surface area contributed by atoms with Crippen LogP contribution in [0.15, 0.2) is 48.5 Å². The Bertz CT molecular complexity index is 997. The Hall–Kier alpha value is -3.35. The van der Waals surface area contributed by atoms with Crippen molar-refractivity contribution >= 4 is 18.0 Å². The third-order valence-electron chi connectivity index (χ3n) is 7.10. The molecule has 2 aliphatic rings. The molecule has 0 heterocycles. The van der Waals surface area contributed by atoms with Crippen molar-refractivity contribution in [3.8, 4) is 11.1 Å². The summed E-state index contributed by atoms with van der Waals surface area (Å²) in [6.45, 7) is 0.474. The fourth-order valence-corrected chi connectivity index (χ4v) is 5.16. The molecule has 0 unspecified atom stereocenters. The first-order valence-electron chi connectivity index (χ1n) is 12.1. The van der Waals surface area contributed by atoms with Crippen molar-refractivity contribution in [3.63, 3.8) is 0 Å². The van der Waals surface area contributed by atoms with Gasteiger partial charge in [-0.15, -0.1) is 0 Å². The van der Waals surface area contributed by atoms with Gasteiger partial charge in [-0.05, 0) is 35.1 Å². The molecular formula is C27H32N2O5. The number of carbonyl (C=O) groups excluding carboxylic acids is 2. The number of alkyl carbamates (subject to hydrolysis) is 1. The predicted molar refractivity (Wildman–Crippen MR) is 128 cm³/mol. The molecule has 2 amide bonds. The maximum absolute atomic E-state index is 12.3. The molecule has 7 nitrogen and oxygen atoms in total. The second kappa shape index (κ2) is 10.7. The van der Waals surface area contributed by atoms with Gasteiger partial charge in [-0.25, -0.2) is 4.79 Å². The predicted octanol–water partition coefficient (Wildman–Crippen LogP) is 4.46. The second-order valence-electron chi connectivity index (χ2n) is 9.28. The van der Waals surface area contributed by atoms with Crippen molar-refractivity contribution in [1.82, 2.24) is 10.6 Å². The first-order valence-corrected chi connectivity index (χ1v) is 12.1. The molecule has 1 fully saturated rings. The molecule has 7 heteroatoms. The van der Waals surface area contributed by atoms with Crippen molar-refractivity contribution in [2.45, 2.75) is 50.9 Å². The molecule has 3 N–H and O–H groups in total. The van der Waals surface area contributed by atoms with Crippen LogP contribution >= 0.6 is 0 Å². The molecule has 4 rings (SSSR count). The molecule has 2 aliphatic carbocycles. The summed E-state index contributed by atoms with van der Waals surface area (Å²) < 4.78 is 5.48. The Morgan fingerprint density at radius 1 is 0.882 bits per heavy atom. The van der Waals surface area contributed by atoms with E-state index in [1.54, 1.807) is 0 Å². The van der Waals surface area contributed by atoms with Gasteiger partial charge in [-0.3, -0.25) is 9.59 Å². The normalized spacial score (nSPS) is 16.6. The van der Waals surface area contributed by atoms with E-state index in [9.17, 15) is 19.5 Å². The Kier molecular flexibility index (Phi) is 7.50. The van der Waals surface area contributed by atoms with E-state index in [4.69, 9.17) is 4.74 Å². The molecule has 0 spiro atoms. The van der Waals surface area contributed by atoms with Crippen molar-refractivity contribution < 1.29 is 24.2 Å². The summed E-state index contributed by atoms with van der Waals surface area (Å²) in [7, 11) is 0. The number of amides is 2. The Balaban J connectivity index is 1.22. The molecule has 180 valence electrons. The minimum absolute atomic E-state index is 0.0202. The maximum atomic E-state index is 12.3. The number of carboxylic acid groups (broad SMARTS) is 1. The molecule has 0 aromatic heterocycles. The van der Waals surface area contributed by atoms with Crippen LogP contribution in [-0.4, -0.2) is 42.8 Å². The quantitative estimate of drug-likeness (QED) is 0.501. The van der Waals surface area contributed by atoms with Crippen LogP contribution in [0, 0.1) is 5.41 Å². The minimum Gasteiger partial charge on any atom is -0.481 e. The van der Waals surface area contributed by atoms with E-state index >= 15 is 0 Å². The number of hydrogen-bond acceptors (Lipinski definition) is 4. The van der Waals surface area contributed by atoms with E-state index in [1.807, 2.05) is 24.3 Å². The minimum atomic E-state index is -0.883. The third-order valence-corrected chi connectivity index (χ3v) is 7.10. The fraction of sp³-hybridized carbons (Fsp3) is 0.444. The molecule has 1 saturated carbocycles. The molecule has 2 aromatic rings. The number of fused-ring (bicyclic) bond motifs is 3.